The fraction of sp³-hybridized carbons (Fsp3) is 0.680. The Hall–Kier alpha value is -1.88. The van der Waals surface area contributed by atoms with Crippen LogP contribution in [0.3, 0.4) is 0 Å². The molecule has 2 aliphatic carbocycles. The zero-order valence-electron chi connectivity index (χ0n) is 18.4. The van der Waals surface area contributed by atoms with Gasteiger partial charge in [0.2, 0.25) is 5.91 Å². The van der Waals surface area contributed by atoms with Gasteiger partial charge in [0, 0.05) is 36.8 Å². The van der Waals surface area contributed by atoms with Crippen molar-refractivity contribution >= 4 is 11.7 Å². The van der Waals surface area contributed by atoms with Gasteiger partial charge in [0.1, 0.15) is 11.5 Å². The number of amides is 1. The van der Waals surface area contributed by atoms with Crippen LogP contribution in [0.2, 0.25) is 0 Å². The first kappa shape index (κ1) is 21.4. The van der Waals surface area contributed by atoms with E-state index in [-0.39, 0.29) is 17.6 Å². The van der Waals surface area contributed by atoms with Gasteiger partial charge in [-0.3, -0.25) is 14.5 Å². The van der Waals surface area contributed by atoms with E-state index in [1.165, 1.54) is 30.5 Å². The summed E-state index contributed by atoms with van der Waals surface area (Å²) in [4.78, 5) is 26.4. The molecule has 0 spiro atoms. The van der Waals surface area contributed by atoms with E-state index >= 15 is 0 Å². The molecule has 1 saturated heterocycles. The molecule has 0 aromatic heterocycles. The molecule has 1 amide bonds. The summed E-state index contributed by atoms with van der Waals surface area (Å²) >= 11 is 0. The molecular weight excluding hydrogens is 376 g/mol. The molecule has 0 unspecified atom stereocenters. The molecule has 3 N–H and O–H groups in total. The topological polar surface area (TPSA) is 83.6 Å². The average Bonchev–Trinajstić information content (AvgIpc) is 3.50. The predicted octanol–water partition coefficient (Wildman–Crippen LogP) is 3.56. The number of hydrogen-bond donors (Lipinski definition) is 2. The molecule has 5 heteroatoms. The van der Waals surface area contributed by atoms with Crippen molar-refractivity contribution in [2.24, 2.45) is 23.5 Å². The number of rotatable bonds is 9. The molecule has 164 valence electrons. The summed E-state index contributed by atoms with van der Waals surface area (Å²) in [5.41, 5.74) is 8.00. The fourth-order valence-electron chi connectivity index (χ4n) is 6.03. The third-order valence-corrected chi connectivity index (χ3v) is 8.11. The van der Waals surface area contributed by atoms with Gasteiger partial charge >= 0.3 is 0 Å². The summed E-state index contributed by atoms with van der Waals surface area (Å²) in [6.07, 6.45) is 7.40. The lowest BCUT2D eigenvalue weighted by molar-refractivity contribution is -0.127. The lowest BCUT2D eigenvalue weighted by Gasteiger charge is -2.56. The van der Waals surface area contributed by atoms with Crippen molar-refractivity contribution in [1.82, 2.24) is 4.90 Å². The van der Waals surface area contributed by atoms with Crippen LogP contribution in [0.5, 0.6) is 5.75 Å². The molecule has 1 aromatic carbocycles. The first-order valence-electron chi connectivity index (χ1n) is 11.7. The summed E-state index contributed by atoms with van der Waals surface area (Å²) in [5.74, 6) is 1.05. The maximum Gasteiger partial charge on any atom is 0.220 e. The molecule has 2 fully saturated rings. The Bertz CT molecular complexity index is 819. The standard InChI is InChI=1S/C25H36N2O3/c1-16(24(26)30)12-20(28)4-3-9-25-10-11-27(15-18-5-6-18)23(17(25)2)13-19-7-8-21(29)14-22(19)25/h7-8,14,16-18,23,29H,3-6,9-13,15H2,1-2H3,(H2,26,30)/t16-,17+,23-,25-/m1/s1. The van der Waals surface area contributed by atoms with Crippen LogP contribution in [0.15, 0.2) is 18.2 Å². The number of hydrogen-bond acceptors (Lipinski definition) is 4. The lowest BCUT2D eigenvalue weighted by Crippen LogP contribution is -2.59. The van der Waals surface area contributed by atoms with Crippen LogP contribution in [0.1, 0.15) is 69.9 Å². The summed E-state index contributed by atoms with van der Waals surface area (Å²) in [6, 6.07) is 6.45. The van der Waals surface area contributed by atoms with E-state index in [4.69, 9.17) is 5.73 Å². The third-order valence-electron chi connectivity index (χ3n) is 8.11. The molecule has 1 saturated carbocycles. The monoisotopic (exact) mass is 412 g/mol. The molecule has 4 rings (SSSR count). The summed E-state index contributed by atoms with van der Waals surface area (Å²) in [6.45, 7) is 6.43. The number of nitrogens with zero attached hydrogens (tertiary/aromatic N) is 1. The van der Waals surface area contributed by atoms with E-state index in [1.807, 2.05) is 12.1 Å². The molecule has 4 atom stereocenters. The molecule has 1 aliphatic heterocycles. The van der Waals surface area contributed by atoms with Crippen LogP contribution in [-0.2, 0) is 21.4 Å². The number of ketones is 1. The van der Waals surface area contributed by atoms with E-state index in [9.17, 15) is 14.7 Å². The Kier molecular flexibility index (Phi) is 5.93. The Labute approximate surface area is 180 Å². The highest BCUT2D eigenvalue weighted by atomic mass is 16.3. The minimum Gasteiger partial charge on any atom is -0.508 e. The summed E-state index contributed by atoms with van der Waals surface area (Å²) < 4.78 is 0. The minimum atomic E-state index is -0.405. The highest BCUT2D eigenvalue weighted by molar-refractivity contribution is 5.85. The van der Waals surface area contributed by atoms with Crippen molar-refractivity contribution in [2.75, 3.05) is 13.1 Å². The highest BCUT2D eigenvalue weighted by Gasteiger charge is 2.51. The number of piperidine rings is 1. The molecule has 2 bridgehead atoms. The van der Waals surface area contributed by atoms with Crippen molar-refractivity contribution in [3.63, 3.8) is 0 Å². The number of nitrogens with two attached hydrogens (primary N) is 1. The molecular formula is C25H36N2O3. The first-order chi connectivity index (χ1) is 14.3. The SMILES string of the molecule is C[C@H](CC(=O)CCC[C@]12CCN(CC3CC3)[C@H](Cc3ccc(O)cc31)[C@@H]2C)C(N)=O. The highest BCUT2D eigenvalue weighted by Crippen LogP contribution is 2.52. The normalized spacial score (nSPS) is 29.3. The van der Waals surface area contributed by atoms with Crippen LogP contribution < -0.4 is 5.73 Å². The number of fused-ring (bicyclic) bond motifs is 4. The minimum absolute atomic E-state index is 0.0205. The second-order valence-corrected chi connectivity index (χ2v) is 10.1. The maximum atomic E-state index is 12.4. The predicted molar refractivity (Wildman–Crippen MR) is 117 cm³/mol. The smallest absolute Gasteiger partial charge is 0.220 e. The molecule has 5 nitrogen and oxygen atoms in total. The number of primary amides is 1. The second kappa shape index (κ2) is 8.33. The van der Waals surface area contributed by atoms with E-state index in [0.717, 1.165) is 38.1 Å². The van der Waals surface area contributed by atoms with Gasteiger partial charge in [-0.15, -0.1) is 0 Å². The van der Waals surface area contributed by atoms with E-state index in [2.05, 4.69) is 17.9 Å². The van der Waals surface area contributed by atoms with Gasteiger partial charge in [0.05, 0.1) is 0 Å². The van der Waals surface area contributed by atoms with Crippen molar-refractivity contribution in [3.05, 3.63) is 29.3 Å². The van der Waals surface area contributed by atoms with Crippen LogP contribution >= 0.6 is 0 Å². The summed E-state index contributed by atoms with van der Waals surface area (Å²) in [7, 11) is 0. The quantitative estimate of drug-likeness (QED) is 0.650. The molecule has 3 aliphatic rings. The first-order valence-corrected chi connectivity index (χ1v) is 11.7. The maximum absolute atomic E-state index is 12.4. The Morgan fingerprint density at radius 2 is 2.10 bits per heavy atom. The van der Waals surface area contributed by atoms with Crippen molar-refractivity contribution in [2.45, 2.75) is 76.7 Å². The van der Waals surface area contributed by atoms with E-state index in [1.54, 1.807) is 6.92 Å². The number of aromatic hydroxyl groups is 1. The van der Waals surface area contributed by atoms with Crippen molar-refractivity contribution in [1.29, 1.82) is 0 Å². The fourth-order valence-corrected chi connectivity index (χ4v) is 6.03. The molecule has 30 heavy (non-hydrogen) atoms. The number of phenols is 1. The summed E-state index contributed by atoms with van der Waals surface area (Å²) in [5, 5.41) is 10.2. The lowest BCUT2D eigenvalue weighted by atomic mass is 9.56. The van der Waals surface area contributed by atoms with E-state index < -0.39 is 11.8 Å². The Morgan fingerprint density at radius 3 is 2.80 bits per heavy atom. The second-order valence-electron chi connectivity index (χ2n) is 10.1. The van der Waals surface area contributed by atoms with Crippen LogP contribution in [0.25, 0.3) is 0 Å². The number of benzene rings is 1. The number of carbonyl (C=O) groups is 2. The zero-order valence-corrected chi connectivity index (χ0v) is 18.4. The number of Topliss-reactive ketones (excluding diaryl/α,β-unsaturated/α-hetero) is 1. The molecule has 1 aromatic rings. The third kappa shape index (κ3) is 4.14. The van der Waals surface area contributed by atoms with Crippen molar-refractivity contribution in [3.8, 4) is 5.75 Å². The number of likely N-dealkylation sites (tertiary alicyclic amines) is 1. The van der Waals surface area contributed by atoms with E-state index in [0.29, 0.717) is 24.1 Å². The zero-order chi connectivity index (χ0) is 21.5. The van der Waals surface area contributed by atoms with Crippen molar-refractivity contribution < 1.29 is 14.7 Å². The van der Waals surface area contributed by atoms with Crippen LogP contribution in [0, 0.1) is 17.8 Å². The van der Waals surface area contributed by atoms with Gasteiger partial charge in [0.15, 0.2) is 0 Å². The van der Waals surface area contributed by atoms with Crippen LogP contribution in [0.4, 0.5) is 0 Å². The van der Waals surface area contributed by atoms with Crippen LogP contribution in [-0.4, -0.2) is 40.8 Å². The Balaban J connectivity index is 1.51. The van der Waals surface area contributed by atoms with Gasteiger partial charge in [-0.1, -0.05) is 19.9 Å². The Morgan fingerprint density at radius 1 is 1.33 bits per heavy atom. The number of phenolic OH excluding ortho intramolecular Hbond substituents is 1. The van der Waals surface area contributed by atoms with Gasteiger partial charge in [-0.2, -0.15) is 0 Å². The largest absolute Gasteiger partial charge is 0.508 e. The van der Waals surface area contributed by atoms with Gasteiger partial charge in [0.25, 0.3) is 0 Å². The average molecular weight is 413 g/mol. The van der Waals surface area contributed by atoms with Gasteiger partial charge in [-0.25, -0.2) is 0 Å². The van der Waals surface area contributed by atoms with Gasteiger partial charge < -0.3 is 10.8 Å². The van der Waals surface area contributed by atoms with Gasteiger partial charge in [-0.05, 0) is 80.2 Å². The number of carbonyl (C=O) groups excluding carboxylic acids is 2. The molecule has 1 heterocycles. The molecule has 0 radical (unpaired) electrons.